The van der Waals surface area contributed by atoms with Crippen LogP contribution in [0.2, 0.25) is 5.04 Å². The topological polar surface area (TPSA) is 47.9 Å². The van der Waals surface area contributed by atoms with E-state index in [9.17, 15) is 5.11 Å². The SMILES string of the molecule is COc1ccc(CO[C@@H](CO[Si](c2ccccc2)(c2ccccc2)C(C)(C)C)[C@H](C)CO)cc1. The van der Waals surface area contributed by atoms with Crippen LogP contribution in [0.3, 0.4) is 0 Å². The molecule has 3 aromatic rings. The van der Waals surface area contributed by atoms with Crippen molar-refractivity contribution in [3.63, 3.8) is 0 Å². The van der Waals surface area contributed by atoms with Gasteiger partial charge in [-0.1, -0.05) is 100 Å². The molecule has 0 aliphatic carbocycles. The Balaban J connectivity index is 1.90. The van der Waals surface area contributed by atoms with Gasteiger partial charge in [0.1, 0.15) is 5.75 Å². The molecule has 0 amide bonds. The molecule has 1 N–H and O–H groups in total. The molecule has 0 aliphatic rings. The predicted octanol–water partition coefficient (Wildman–Crippen LogP) is 4.79. The minimum absolute atomic E-state index is 0.0391. The Labute approximate surface area is 205 Å². The van der Waals surface area contributed by atoms with Crippen LogP contribution in [0.15, 0.2) is 84.9 Å². The first-order chi connectivity index (χ1) is 16.3. The maximum Gasteiger partial charge on any atom is 0.261 e. The first-order valence-corrected chi connectivity index (χ1v) is 13.8. The van der Waals surface area contributed by atoms with Gasteiger partial charge in [-0.25, -0.2) is 0 Å². The minimum Gasteiger partial charge on any atom is -0.497 e. The van der Waals surface area contributed by atoms with E-state index in [1.807, 2.05) is 43.3 Å². The Morgan fingerprint density at radius 3 is 1.79 bits per heavy atom. The van der Waals surface area contributed by atoms with E-state index >= 15 is 0 Å². The van der Waals surface area contributed by atoms with Gasteiger partial charge in [0.05, 0.1) is 26.4 Å². The highest BCUT2D eigenvalue weighted by Gasteiger charge is 2.50. The molecule has 0 heterocycles. The average molecular weight is 479 g/mol. The summed E-state index contributed by atoms with van der Waals surface area (Å²) < 4.78 is 18.6. The van der Waals surface area contributed by atoms with Gasteiger partial charge in [-0.05, 0) is 33.1 Å². The van der Waals surface area contributed by atoms with Gasteiger partial charge >= 0.3 is 0 Å². The van der Waals surface area contributed by atoms with Crippen LogP contribution in [0.25, 0.3) is 0 Å². The Bertz CT molecular complexity index is 945. The first-order valence-electron chi connectivity index (χ1n) is 11.9. The fraction of sp³-hybridized carbons (Fsp3) is 0.379. The smallest absolute Gasteiger partial charge is 0.261 e. The molecule has 3 rings (SSSR count). The van der Waals surface area contributed by atoms with Crippen molar-refractivity contribution < 1.29 is 19.0 Å². The van der Waals surface area contributed by atoms with E-state index in [1.165, 1.54) is 10.4 Å². The Morgan fingerprint density at radius 2 is 1.35 bits per heavy atom. The van der Waals surface area contributed by atoms with E-state index in [0.717, 1.165) is 11.3 Å². The van der Waals surface area contributed by atoms with Crippen molar-refractivity contribution in [3.8, 4) is 5.75 Å². The van der Waals surface area contributed by atoms with Crippen molar-refractivity contribution in [2.45, 2.75) is 45.4 Å². The zero-order valence-electron chi connectivity index (χ0n) is 21.0. The van der Waals surface area contributed by atoms with Crippen LogP contribution >= 0.6 is 0 Å². The van der Waals surface area contributed by atoms with Gasteiger partial charge in [0, 0.05) is 12.5 Å². The quantitative estimate of drug-likeness (QED) is 0.403. The fourth-order valence-corrected chi connectivity index (χ4v) is 8.96. The van der Waals surface area contributed by atoms with Crippen LogP contribution in [0.1, 0.15) is 33.3 Å². The van der Waals surface area contributed by atoms with Crippen molar-refractivity contribution >= 4 is 18.7 Å². The normalized spacial score (nSPS) is 13.9. The summed E-state index contributed by atoms with van der Waals surface area (Å²) in [5, 5.41) is 12.3. The van der Waals surface area contributed by atoms with Crippen LogP contribution in [0.5, 0.6) is 5.75 Å². The first kappa shape index (κ1) is 26.2. The van der Waals surface area contributed by atoms with Crippen LogP contribution in [0.4, 0.5) is 0 Å². The molecule has 0 spiro atoms. The van der Waals surface area contributed by atoms with Crippen LogP contribution in [-0.2, 0) is 15.8 Å². The molecule has 3 aromatic carbocycles. The molecule has 0 unspecified atom stereocenters. The van der Waals surface area contributed by atoms with Crippen molar-refractivity contribution in [2.75, 3.05) is 20.3 Å². The van der Waals surface area contributed by atoms with Gasteiger partial charge in [0.15, 0.2) is 0 Å². The molecule has 182 valence electrons. The van der Waals surface area contributed by atoms with E-state index in [4.69, 9.17) is 13.9 Å². The van der Waals surface area contributed by atoms with Crippen molar-refractivity contribution in [1.82, 2.24) is 0 Å². The summed E-state index contributed by atoms with van der Waals surface area (Å²) in [6.07, 6.45) is -0.242. The van der Waals surface area contributed by atoms with Gasteiger partial charge in [-0.3, -0.25) is 0 Å². The monoisotopic (exact) mass is 478 g/mol. The van der Waals surface area contributed by atoms with Crippen molar-refractivity contribution in [3.05, 3.63) is 90.5 Å². The third-order valence-corrected chi connectivity index (χ3v) is 11.4. The molecule has 5 heteroatoms. The molecular weight excluding hydrogens is 440 g/mol. The number of methoxy groups -OCH3 is 1. The van der Waals surface area contributed by atoms with Gasteiger partial charge in [-0.15, -0.1) is 0 Å². The van der Waals surface area contributed by atoms with Crippen LogP contribution < -0.4 is 15.1 Å². The molecule has 4 nitrogen and oxygen atoms in total. The lowest BCUT2D eigenvalue weighted by atomic mass is 10.1. The van der Waals surface area contributed by atoms with Gasteiger partial charge < -0.3 is 19.0 Å². The van der Waals surface area contributed by atoms with Crippen LogP contribution in [-0.4, -0.2) is 39.9 Å². The molecule has 0 aromatic heterocycles. The molecule has 0 saturated carbocycles. The summed E-state index contributed by atoms with van der Waals surface area (Å²) in [7, 11) is -1.01. The number of benzene rings is 3. The second-order valence-corrected chi connectivity index (χ2v) is 14.1. The third-order valence-electron chi connectivity index (χ3n) is 6.43. The third kappa shape index (κ3) is 5.97. The van der Waals surface area contributed by atoms with Gasteiger partial charge in [0.25, 0.3) is 8.32 Å². The van der Waals surface area contributed by atoms with Crippen LogP contribution in [0, 0.1) is 5.92 Å². The number of hydrogen-bond acceptors (Lipinski definition) is 4. The number of aliphatic hydroxyl groups excluding tert-OH is 1. The summed E-state index contributed by atoms with van der Waals surface area (Å²) in [4.78, 5) is 0. The summed E-state index contributed by atoms with van der Waals surface area (Å²) in [5.41, 5.74) is 1.06. The molecule has 0 aliphatic heterocycles. The second-order valence-electron chi connectivity index (χ2n) is 9.83. The number of ether oxygens (including phenoxy) is 2. The molecule has 0 saturated heterocycles. The van der Waals surface area contributed by atoms with E-state index in [2.05, 4.69) is 69.3 Å². The van der Waals surface area contributed by atoms with E-state index in [1.54, 1.807) is 7.11 Å². The Kier molecular flexibility index (Phi) is 9.08. The molecule has 0 fully saturated rings. The highest BCUT2D eigenvalue weighted by molar-refractivity contribution is 6.99. The van der Waals surface area contributed by atoms with Gasteiger partial charge in [-0.2, -0.15) is 0 Å². The largest absolute Gasteiger partial charge is 0.497 e. The molecule has 2 atom stereocenters. The standard InChI is InChI=1S/C29H38O4Si/c1-23(20-30)28(32-21-24-16-18-25(31-5)19-17-24)22-33-34(29(2,3)4,26-12-8-6-9-13-26)27-14-10-7-11-15-27/h6-19,23,28,30H,20-22H2,1-5H3/t23-,28+/m1/s1. The molecule has 0 bridgehead atoms. The zero-order chi connectivity index (χ0) is 24.6. The van der Waals surface area contributed by atoms with E-state index in [0.29, 0.717) is 13.2 Å². The van der Waals surface area contributed by atoms with Gasteiger partial charge in [0.2, 0.25) is 0 Å². The lowest BCUT2D eigenvalue weighted by Crippen LogP contribution is -2.67. The second kappa shape index (κ2) is 11.8. The van der Waals surface area contributed by atoms with E-state index < -0.39 is 8.32 Å². The number of hydrogen-bond donors (Lipinski definition) is 1. The molecule has 34 heavy (non-hydrogen) atoms. The molecular formula is C29H38O4Si. The summed E-state index contributed by atoms with van der Waals surface area (Å²) in [5.74, 6) is 0.760. The molecule has 0 radical (unpaired) electrons. The summed E-state index contributed by atoms with van der Waals surface area (Å²) >= 11 is 0. The summed E-state index contributed by atoms with van der Waals surface area (Å²) in [6, 6.07) is 29.1. The number of rotatable bonds is 11. The highest BCUT2D eigenvalue weighted by atomic mass is 28.4. The van der Waals surface area contributed by atoms with Crippen molar-refractivity contribution in [2.24, 2.45) is 5.92 Å². The van der Waals surface area contributed by atoms with Crippen molar-refractivity contribution in [1.29, 1.82) is 0 Å². The Morgan fingerprint density at radius 1 is 0.824 bits per heavy atom. The zero-order valence-corrected chi connectivity index (χ0v) is 22.0. The lowest BCUT2D eigenvalue weighted by Gasteiger charge is -2.44. The minimum atomic E-state index is -2.67. The number of aliphatic hydroxyl groups is 1. The highest BCUT2D eigenvalue weighted by Crippen LogP contribution is 2.37. The predicted molar refractivity (Wildman–Crippen MR) is 141 cm³/mol. The lowest BCUT2D eigenvalue weighted by molar-refractivity contribution is -0.0371. The Hall–Kier alpha value is -2.44. The van der Waals surface area contributed by atoms with E-state index in [-0.39, 0.29) is 23.7 Å². The summed E-state index contributed by atoms with van der Waals surface area (Å²) in [6.45, 7) is 9.70. The fourth-order valence-electron chi connectivity index (χ4n) is 4.39. The maximum absolute atomic E-state index is 9.95. The average Bonchev–Trinajstić information content (AvgIpc) is 2.86. The maximum atomic E-state index is 9.95.